The summed E-state index contributed by atoms with van der Waals surface area (Å²) in [6.07, 6.45) is 2.45. The average molecular weight is 199 g/mol. The Bertz CT molecular complexity index is 558. The smallest absolute Gasteiger partial charge is 0.152 e. The Morgan fingerprint density at radius 2 is 2.33 bits per heavy atom. The lowest BCUT2D eigenvalue weighted by molar-refractivity contribution is 0.112. The standard InChI is InChI=1S/C12H9NO2/c14-6-2-4-9-3-1-5-11-12(9)10(8-15)7-13-11/h1,3,5,7-8,13-14H,6H2. The quantitative estimate of drug-likeness (QED) is 0.537. The summed E-state index contributed by atoms with van der Waals surface area (Å²) in [6, 6.07) is 5.56. The molecule has 2 rings (SSSR count). The Kier molecular flexibility index (Phi) is 2.53. The van der Waals surface area contributed by atoms with Crippen LogP contribution in [0.25, 0.3) is 10.9 Å². The fraction of sp³-hybridized carbons (Fsp3) is 0.0833. The number of H-pyrrole nitrogens is 1. The molecule has 1 heterocycles. The average Bonchev–Trinajstić information content (AvgIpc) is 2.69. The van der Waals surface area contributed by atoms with Gasteiger partial charge in [-0.25, -0.2) is 0 Å². The van der Waals surface area contributed by atoms with E-state index in [4.69, 9.17) is 5.11 Å². The number of hydrogen-bond donors (Lipinski definition) is 2. The summed E-state index contributed by atoms with van der Waals surface area (Å²) in [6.45, 7) is -0.183. The van der Waals surface area contributed by atoms with E-state index in [0.29, 0.717) is 5.56 Å². The fourth-order valence-corrected chi connectivity index (χ4v) is 1.54. The molecule has 0 spiro atoms. The van der Waals surface area contributed by atoms with Gasteiger partial charge in [0.05, 0.1) is 0 Å². The van der Waals surface area contributed by atoms with Crippen LogP contribution in [0.2, 0.25) is 0 Å². The first kappa shape index (κ1) is 9.50. The minimum Gasteiger partial charge on any atom is -0.384 e. The van der Waals surface area contributed by atoms with Gasteiger partial charge in [0.1, 0.15) is 6.61 Å². The molecule has 3 heteroatoms. The third-order valence-electron chi connectivity index (χ3n) is 2.17. The molecule has 0 amide bonds. The van der Waals surface area contributed by atoms with Crippen molar-refractivity contribution in [3.05, 3.63) is 35.5 Å². The normalized spacial score (nSPS) is 9.67. The number of benzene rings is 1. The zero-order chi connectivity index (χ0) is 10.7. The van der Waals surface area contributed by atoms with Crippen molar-refractivity contribution < 1.29 is 9.90 Å². The number of rotatable bonds is 1. The van der Waals surface area contributed by atoms with Crippen molar-refractivity contribution in [1.82, 2.24) is 4.98 Å². The van der Waals surface area contributed by atoms with Crippen LogP contribution in [-0.2, 0) is 0 Å². The van der Waals surface area contributed by atoms with Gasteiger partial charge in [-0.1, -0.05) is 17.9 Å². The van der Waals surface area contributed by atoms with E-state index < -0.39 is 0 Å². The number of hydrogen-bond acceptors (Lipinski definition) is 2. The minimum absolute atomic E-state index is 0.183. The lowest BCUT2D eigenvalue weighted by atomic mass is 10.1. The molecule has 0 saturated carbocycles. The Balaban J connectivity index is 2.72. The van der Waals surface area contributed by atoms with Gasteiger partial charge in [0.2, 0.25) is 0 Å². The number of aliphatic hydroxyl groups excluding tert-OH is 1. The molecule has 2 N–H and O–H groups in total. The molecule has 0 aliphatic carbocycles. The second kappa shape index (κ2) is 3.99. The highest BCUT2D eigenvalue weighted by Gasteiger charge is 2.05. The van der Waals surface area contributed by atoms with Gasteiger partial charge in [-0.15, -0.1) is 0 Å². The van der Waals surface area contributed by atoms with Crippen LogP contribution in [0, 0.1) is 11.8 Å². The molecule has 0 radical (unpaired) electrons. The molecule has 0 unspecified atom stereocenters. The summed E-state index contributed by atoms with van der Waals surface area (Å²) in [5, 5.41) is 9.44. The zero-order valence-corrected chi connectivity index (χ0v) is 7.95. The van der Waals surface area contributed by atoms with E-state index in [9.17, 15) is 4.79 Å². The van der Waals surface area contributed by atoms with Gasteiger partial charge < -0.3 is 10.1 Å². The highest BCUT2D eigenvalue weighted by Crippen LogP contribution is 2.20. The maximum Gasteiger partial charge on any atom is 0.152 e. The van der Waals surface area contributed by atoms with Crippen molar-refractivity contribution >= 4 is 17.2 Å². The third kappa shape index (κ3) is 1.63. The van der Waals surface area contributed by atoms with Crippen LogP contribution in [-0.4, -0.2) is 23.0 Å². The maximum absolute atomic E-state index is 10.8. The fourth-order valence-electron chi connectivity index (χ4n) is 1.54. The lowest BCUT2D eigenvalue weighted by Gasteiger charge is -1.94. The molecular formula is C12H9NO2. The maximum atomic E-state index is 10.8. The Morgan fingerprint density at radius 1 is 1.47 bits per heavy atom. The monoisotopic (exact) mass is 199 g/mol. The molecular weight excluding hydrogens is 190 g/mol. The van der Waals surface area contributed by atoms with Crippen molar-refractivity contribution in [3.63, 3.8) is 0 Å². The van der Waals surface area contributed by atoms with E-state index >= 15 is 0 Å². The molecule has 0 bridgehead atoms. The second-order valence-electron chi connectivity index (χ2n) is 3.05. The van der Waals surface area contributed by atoms with Crippen LogP contribution in [0.3, 0.4) is 0 Å². The number of carbonyl (C=O) groups excluding carboxylic acids is 1. The van der Waals surface area contributed by atoms with Gasteiger partial charge in [-0.05, 0) is 12.1 Å². The van der Waals surface area contributed by atoms with Gasteiger partial charge >= 0.3 is 0 Å². The SMILES string of the molecule is O=Cc1c[nH]c2cccc(C#CCO)c12. The van der Waals surface area contributed by atoms with Crippen LogP contribution in [0.4, 0.5) is 0 Å². The molecule has 0 atom stereocenters. The second-order valence-corrected chi connectivity index (χ2v) is 3.05. The van der Waals surface area contributed by atoms with E-state index in [1.807, 2.05) is 18.2 Å². The van der Waals surface area contributed by atoms with Crippen molar-refractivity contribution in [2.75, 3.05) is 6.61 Å². The van der Waals surface area contributed by atoms with Gasteiger partial charge in [0.15, 0.2) is 6.29 Å². The van der Waals surface area contributed by atoms with Crippen molar-refractivity contribution in [3.8, 4) is 11.8 Å². The highest BCUT2D eigenvalue weighted by molar-refractivity contribution is 6.00. The van der Waals surface area contributed by atoms with Gasteiger partial charge in [-0.2, -0.15) is 0 Å². The molecule has 74 valence electrons. The largest absolute Gasteiger partial charge is 0.384 e. The molecule has 1 aromatic heterocycles. The Labute approximate surface area is 86.7 Å². The number of fused-ring (bicyclic) bond motifs is 1. The molecule has 3 nitrogen and oxygen atoms in total. The van der Waals surface area contributed by atoms with Crippen molar-refractivity contribution in [2.45, 2.75) is 0 Å². The molecule has 0 saturated heterocycles. The van der Waals surface area contributed by atoms with E-state index in [1.165, 1.54) is 0 Å². The number of aliphatic hydroxyl groups is 1. The molecule has 0 fully saturated rings. The predicted octanol–water partition coefficient (Wildman–Crippen LogP) is 1.32. The van der Waals surface area contributed by atoms with Crippen LogP contribution in [0.15, 0.2) is 24.4 Å². The summed E-state index contributed by atoms with van der Waals surface area (Å²) < 4.78 is 0. The summed E-state index contributed by atoms with van der Waals surface area (Å²) in [5.74, 6) is 5.39. The first-order valence-electron chi connectivity index (χ1n) is 4.52. The Morgan fingerprint density at radius 3 is 3.07 bits per heavy atom. The summed E-state index contributed by atoms with van der Waals surface area (Å²) in [7, 11) is 0. The summed E-state index contributed by atoms with van der Waals surface area (Å²) in [4.78, 5) is 13.8. The molecule has 15 heavy (non-hydrogen) atoms. The van der Waals surface area contributed by atoms with E-state index in [0.717, 1.165) is 22.8 Å². The Hall–Kier alpha value is -2.05. The molecule has 1 aromatic carbocycles. The first-order chi connectivity index (χ1) is 7.36. The lowest BCUT2D eigenvalue weighted by Crippen LogP contribution is -1.82. The van der Waals surface area contributed by atoms with Crippen LogP contribution < -0.4 is 0 Å². The van der Waals surface area contributed by atoms with Crippen molar-refractivity contribution in [1.29, 1.82) is 0 Å². The topological polar surface area (TPSA) is 53.1 Å². The number of carbonyl (C=O) groups is 1. The van der Waals surface area contributed by atoms with Gasteiger partial charge in [-0.3, -0.25) is 4.79 Å². The number of aromatic nitrogens is 1. The number of nitrogens with one attached hydrogen (secondary N) is 1. The van der Waals surface area contributed by atoms with Crippen molar-refractivity contribution in [2.24, 2.45) is 0 Å². The van der Waals surface area contributed by atoms with Gasteiger partial charge in [0.25, 0.3) is 0 Å². The van der Waals surface area contributed by atoms with Crippen LogP contribution in [0.1, 0.15) is 15.9 Å². The zero-order valence-electron chi connectivity index (χ0n) is 7.95. The molecule has 0 aliphatic heterocycles. The van der Waals surface area contributed by atoms with E-state index in [1.54, 1.807) is 6.20 Å². The predicted molar refractivity (Wildman–Crippen MR) is 57.7 cm³/mol. The first-order valence-corrected chi connectivity index (χ1v) is 4.52. The summed E-state index contributed by atoms with van der Waals surface area (Å²) >= 11 is 0. The summed E-state index contributed by atoms with van der Waals surface area (Å²) in [5.41, 5.74) is 2.22. The minimum atomic E-state index is -0.183. The molecule has 0 aliphatic rings. The number of aldehydes is 1. The highest BCUT2D eigenvalue weighted by atomic mass is 16.2. The van der Waals surface area contributed by atoms with E-state index in [-0.39, 0.29) is 6.61 Å². The van der Waals surface area contributed by atoms with Crippen LogP contribution >= 0.6 is 0 Å². The van der Waals surface area contributed by atoms with Crippen LogP contribution in [0.5, 0.6) is 0 Å². The van der Waals surface area contributed by atoms with Gasteiger partial charge in [0, 0.05) is 28.2 Å². The molecule has 2 aromatic rings. The number of aromatic amines is 1. The van der Waals surface area contributed by atoms with E-state index in [2.05, 4.69) is 16.8 Å². The third-order valence-corrected chi connectivity index (χ3v) is 2.17.